The molecule has 3 amide bonds. The molecule has 0 saturated carbocycles. The Morgan fingerprint density at radius 3 is 2.39 bits per heavy atom. The number of carbonyl (C=O) groups excluding carboxylic acids is 2. The Bertz CT molecular complexity index is 546. The molecular weight excluding hydrogens is 298 g/mol. The lowest BCUT2D eigenvalue weighted by Gasteiger charge is -2.17. The van der Waals surface area contributed by atoms with Crippen LogP contribution in [0.25, 0.3) is 0 Å². The van der Waals surface area contributed by atoms with Crippen molar-refractivity contribution < 1.29 is 19.1 Å². The fourth-order valence-electron chi connectivity index (χ4n) is 2.06. The summed E-state index contributed by atoms with van der Waals surface area (Å²) in [5.41, 5.74) is 0.976. The van der Waals surface area contributed by atoms with Gasteiger partial charge in [0.15, 0.2) is 11.5 Å². The van der Waals surface area contributed by atoms with E-state index in [1.54, 1.807) is 26.2 Å². The van der Waals surface area contributed by atoms with E-state index in [0.29, 0.717) is 18.0 Å². The number of carbonyl (C=O) groups is 2. The Morgan fingerprint density at radius 2 is 1.83 bits per heavy atom. The first kappa shape index (κ1) is 18.8. The minimum Gasteiger partial charge on any atom is -0.493 e. The summed E-state index contributed by atoms with van der Waals surface area (Å²) < 4.78 is 10.4. The number of amides is 3. The van der Waals surface area contributed by atoms with Gasteiger partial charge in [-0.2, -0.15) is 0 Å². The second-order valence-corrected chi connectivity index (χ2v) is 5.54. The number of hydrogen-bond acceptors (Lipinski definition) is 5. The van der Waals surface area contributed by atoms with Gasteiger partial charge in [-0.25, -0.2) is 4.79 Å². The van der Waals surface area contributed by atoms with E-state index in [0.717, 1.165) is 5.56 Å². The van der Waals surface area contributed by atoms with Crippen LogP contribution >= 0.6 is 0 Å². The first-order chi connectivity index (χ1) is 10.8. The van der Waals surface area contributed by atoms with E-state index < -0.39 is 6.03 Å². The van der Waals surface area contributed by atoms with Crippen LogP contribution in [0.4, 0.5) is 4.79 Å². The topological polar surface area (TPSA) is 79.9 Å². The molecule has 7 nitrogen and oxygen atoms in total. The van der Waals surface area contributed by atoms with Crippen molar-refractivity contribution >= 4 is 11.9 Å². The zero-order chi connectivity index (χ0) is 17.4. The van der Waals surface area contributed by atoms with Crippen LogP contribution in [0.3, 0.4) is 0 Å². The maximum atomic E-state index is 11.8. The highest BCUT2D eigenvalue weighted by atomic mass is 16.5. The third-order valence-electron chi connectivity index (χ3n) is 2.99. The molecule has 0 aliphatic heterocycles. The number of urea groups is 1. The van der Waals surface area contributed by atoms with Gasteiger partial charge in [-0.1, -0.05) is 6.07 Å². The van der Waals surface area contributed by atoms with Gasteiger partial charge < -0.3 is 14.8 Å². The molecule has 0 radical (unpaired) electrons. The van der Waals surface area contributed by atoms with Crippen LogP contribution in [-0.2, 0) is 11.3 Å². The van der Waals surface area contributed by atoms with Crippen molar-refractivity contribution in [3.05, 3.63) is 23.8 Å². The van der Waals surface area contributed by atoms with Crippen molar-refractivity contribution in [2.45, 2.75) is 26.4 Å². The van der Waals surface area contributed by atoms with E-state index in [1.807, 2.05) is 32.0 Å². The third-order valence-corrected chi connectivity index (χ3v) is 2.99. The van der Waals surface area contributed by atoms with E-state index >= 15 is 0 Å². The summed E-state index contributed by atoms with van der Waals surface area (Å²) in [5, 5.41) is 4.90. The van der Waals surface area contributed by atoms with E-state index in [-0.39, 0.29) is 18.5 Å². The molecule has 0 heterocycles. The zero-order valence-electron chi connectivity index (χ0n) is 14.3. The molecule has 7 heteroatoms. The Hall–Kier alpha value is -2.28. The van der Waals surface area contributed by atoms with Gasteiger partial charge in [-0.15, -0.1) is 0 Å². The molecule has 1 aromatic carbocycles. The van der Waals surface area contributed by atoms with Gasteiger partial charge in [0.05, 0.1) is 20.8 Å². The van der Waals surface area contributed by atoms with E-state index in [1.165, 1.54) is 0 Å². The number of hydrogen-bond donors (Lipinski definition) is 2. The number of imide groups is 1. The van der Waals surface area contributed by atoms with E-state index in [9.17, 15) is 9.59 Å². The molecule has 0 aromatic heterocycles. The second-order valence-electron chi connectivity index (χ2n) is 5.54. The lowest BCUT2D eigenvalue weighted by Crippen LogP contribution is -2.45. The van der Waals surface area contributed by atoms with E-state index in [4.69, 9.17) is 9.47 Å². The molecule has 0 spiro atoms. The number of methoxy groups -OCH3 is 2. The van der Waals surface area contributed by atoms with Gasteiger partial charge in [-0.05, 0) is 38.6 Å². The minimum absolute atomic E-state index is 0.0210. The fourth-order valence-corrected chi connectivity index (χ4v) is 2.06. The molecule has 0 fully saturated rings. The molecule has 0 bridgehead atoms. The summed E-state index contributed by atoms with van der Waals surface area (Å²) in [6.45, 7) is 4.31. The highest BCUT2D eigenvalue weighted by Gasteiger charge is 2.12. The Labute approximate surface area is 136 Å². The van der Waals surface area contributed by atoms with Crippen molar-refractivity contribution in [2.24, 2.45) is 0 Å². The lowest BCUT2D eigenvalue weighted by atomic mass is 10.2. The van der Waals surface area contributed by atoms with Crippen LogP contribution in [0.2, 0.25) is 0 Å². The summed E-state index contributed by atoms with van der Waals surface area (Å²) in [6, 6.07) is 5.08. The highest BCUT2D eigenvalue weighted by Crippen LogP contribution is 2.27. The van der Waals surface area contributed by atoms with Gasteiger partial charge in [-0.3, -0.25) is 15.0 Å². The maximum Gasteiger partial charge on any atom is 0.321 e. The second kappa shape index (κ2) is 8.99. The molecule has 0 saturated heterocycles. The molecule has 2 N–H and O–H groups in total. The summed E-state index contributed by atoms with van der Waals surface area (Å²) in [6.07, 6.45) is 0. The number of rotatable bonds is 7. The van der Waals surface area contributed by atoms with E-state index in [2.05, 4.69) is 10.6 Å². The van der Waals surface area contributed by atoms with Gasteiger partial charge in [0.1, 0.15) is 0 Å². The van der Waals surface area contributed by atoms with Crippen LogP contribution in [0.5, 0.6) is 11.5 Å². The molecule has 128 valence electrons. The van der Waals surface area contributed by atoms with Crippen LogP contribution < -0.4 is 20.1 Å². The normalized spacial score (nSPS) is 10.6. The predicted octanol–water partition coefficient (Wildman–Crippen LogP) is 1.37. The number of nitrogens with zero attached hydrogens (tertiary/aromatic N) is 1. The first-order valence-electron chi connectivity index (χ1n) is 7.35. The highest BCUT2D eigenvalue weighted by molar-refractivity contribution is 5.95. The van der Waals surface area contributed by atoms with Crippen molar-refractivity contribution in [3.8, 4) is 11.5 Å². The van der Waals surface area contributed by atoms with Crippen LogP contribution in [0.15, 0.2) is 18.2 Å². The molecular formula is C16H25N3O4. The monoisotopic (exact) mass is 323 g/mol. The fraction of sp³-hybridized carbons (Fsp3) is 0.500. The predicted molar refractivity (Wildman–Crippen MR) is 87.7 cm³/mol. The Morgan fingerprint density at radius 1 is 1.17 bits per heavy atom. The molecule has 0 unspecified atom stereocenters. The first-order valence-corrected chi connectivity index (χ1v) is 7.35. The minimum atomic E-state index is -0.482. The van der Waals surface area contributed by atoms with Crippen molar-refractivity contribution in [1.82, 2.24) is 15.5 Å². The Kier molecular flexibility index (Phi) is 7.34. The summed E-state index contributed by atoms with van der Waals surface area (Å²) in [7, 11) is 4.96. The Balaban J connectivity index is 2.54. The largest absolute Gasteiger partial charge is 0.493 e. The van der Waals surface area contributed by atoms with Crippen LogP contribution in [-0.4, -0.2) is 50.7 Å². The van der Waals surface area contributed by atoms with Crippen LogP contribution in [0, 0.1) is 0 Å². The number of benzene rings is 1. The molecule has 1 rings (SSSR count). The number of nitrogens with one attached hydrogen (secondary N) is 2. The van der Waals surface area contributed by atoms with Crippen molar-refractivity contribution in [2.75, 3.05) is 27.8 Å². The molecule has 0 atom stereocenters. The van der Waals surface area contributed by atoms with Gasteiger partial charge in [0.2, 0.25) is 5.91 Å². The third kappa shape index (κ3) is 6.56. The number of ether oxygens (including phenoxy) is 2. The summed E-state index contributed by atoms with van der Waals surface area (Å²) in [5.74, 6) is 0.937. The van der Waals surface area contributed by atoms with Gasteiger partial charge >= 0.3 is 6.03 Å². The summed E-state index contributed by atoms with van der Waals surface area (Å²) >= 11 is 0. The van der Waals surface area contributed by atoms with Gasteiger partial charge in [0, 0.05) is 12.6 Å². The molecule has 23 heavy (non-hydrogen) atoms. The average Bonchev–Trinajstić information content (AvgIpc) is 2.45. The smallest absolute Gasteiger partial charge is 0.321 e. The average molecular weight is 323 g/mol. The lowest BCUT2D eigenvalue weighted by molar-refractivity contribution is -0.120. The maximum absolute atomic E-state index is 11.8. The molecule has 0 aliphatic carbocycles. The quantitative estimate of drug-likeness (QED) is 0.792. The standard InChI is InChI=1S/C16H25N3O4/c1-11(2)17-16(21)18-15(20)10-19(3)9-12-6-7-13(22-4)14(8-12)23-5/h6-8,11H,9-10H2,1-5H3,(H2,17,18,20,21). The SMILES string of the molecule is COc1ccc(CN(C)CC(=O)NC(=O)NC(C)C)cc1OC. The zero-order valence-corrected chi connectivity index (χ0v) is 14.3. The van der Waals surface area contributed by atoms with Crippen molar-refractivity contribution in [1.29, 1.82) is 0 Å². The van der Waals surface area contributed by atoms with Gasteiger partial charge in [0.25, 0.3) is 0 Å². The van der Waals surface area contributed by atoms with Crippen molar-refractivity contribution in [3.63, 3.8) is 0 Å². The molecule has 0 aliphatic rings. The molecule has 1 aromatic rings. The van der Waals surface area contributed by atoms with Crippen LogP contribution in [0.1, 0.15) is 19.4 Å². The summed E-state index contributed by atoms with van der Waals surface area (Å²) in [4.78, 5) is 25.1. The number of likely N-dealkylation sites (N-methyl/N-ethyl adjacent to an activating group) is 1.